The predicted molar refractivity (Wildman–Crippen MR) is 110 cm³/mol. The third-order valence-electron chi connectivity index (χ3n) is 6.32. The number of aromatic nitrogens is 1. The number of halogens is 1. The first-order chi connectivity index (χ1) is 13.7. The molecule has 4 aliphatic rings. The lowest BCUT2D eigenvalue weighted by Gasteiger charge is -2.40. The lowest BCUT2D eigenvalue weighted by Crippen LogP contribution is -2.41. The van der Waals surface area contributed by atoms with Crippen LogP contribution in [0.25, 0.3) is 0 Å². The van der Waals surface area contributed by atoms with E-state index in [1.807, 2.05) is 29.2 Å². The number of hydrogen-bond acceptors (Lipinski definition) is 4. The van der Waals surface area contributed by atoms with E-state index in [0.29, 0.717) is 43.2 Å². The van der Waals surface area contributed by atoms with Gasteiger partial charge in [0.05, 0.1) is 18.8 Å². The number of benzene rings is 1. The van der Waals surface area contributed by atoms with Gasteiger partial charge in [-0.1, -0.05) is 17.7 Å². The van der Waals surface area contributed by atoms with Crippen molar-refractivity contribution in [3.05, 3.63) is 52.2 Å². The van der Waals surface area contributed by atoms with Gasteiger partial charge in [0.1, 0.15) is 5.82 Å². The molecule has 6 rings (SSSR count). The Morgan fingerprint density at radius 3 is 2.54 bits per heavy atom. The van der Waals surface area contributed by atoms with Crippen LogP contribution in [0.4, 0.5) is 11.5 Å². The van der Waals surface area contributed by atoms with Gasteiger partial charge in [-0.05, 0) is 61.3 Å². The number of anilines is 2. The van der Waals surface area contributed by atoms with Gasteiger partial charge >= 0.3 is 0 Å². The molecule has 1 aromatic carbocycles. The first kappa shape index (κ1) is 18.0. The predicted octanol–water partition coefficient (Wildman–Crippen LogP) is 4.71. The van der Waals surface area contributed by atoms with Gasteiger partial charge in [0.25, 0.3) is 5.91 Å². The van der Waals surface area contributed by atoms with Crippen LogP contribution >= 0.6 is 11.6 Å². The van der Waals surface area contributed by atoms with Crippen molar-refractivity contribution in [2.24, 2.45) is 0 Å². The number of carbonyl (C=O) groups is 1. The highest BCUT2D eigenvalue weighted by atomic mass is 35.5. The Bertz CT molecular complexity index is 903. The SMILES string of the molecule is O=C(c1cnc(Nc2cccc(Cl)c2)c2c1C1CCC2CC1)N1CCOCC1. The summed E-state index contributed by atoms with van der Waals surface area (Å²) in [5.41, 5.74) is 4.21. The lowest BCUT2D eigenvalue weighted by atomic mass is 9.66. The molecule has 6 heteroatoms. The molecule has 1 amide bonds. The minimum atomic E-state index is 0.105. The number of ether oxygens (including phenoxy) is 1. The average Bonchev–Trinajstić information content (AvgIpc) is 2.75. The molecule has 0 radical (unpaired) electrons. The molecular weight excluding hydrogens is 374 g/mol. The van der Waals surface area contributed by atoms with Gasteiger partial charge in [-0.25, -0.2) is 4.98 Å². The van der Waals surface area contributed by atoms with E-state index in [1.165, 1.54) is 36.8 Å². The van der Waals surface area contributed by atoms with E-state index in [4.69, 9.17) is 21.3 Å². The number of nitrogens with one attached hydrogen (secondary N) is 1. The maximum absolute atomic E-state index is 13.3. The fourth-order valence-electron chi connectivity index (χ4n) is 4.97. The molecule has 1 saturated heterocycles. The van der Waals surface area contributed by atoms with Crippen molar-refractivity contribution in [2.75, 3.05) is 31.6 Å². The summed E-state index contributed by atoms with van der Waals surface area (Å²) in [5, 5.41) is 4.16. The summed E-state index contributed by atoms with van der Waals surface area (Å²) in [6, 6.07) is 7.69. The van der Waals surface area contributed by atoms with Crippen LogP contribution in [-0.4, -0.2) is 42.1 Å². The van der Waals surface area contributed by atoms with E-state index in [1.54, 1.807) is 6.20 Å². The van der Waals surface area contributed by atoms with E-state index in [9.17, 15) is 4.79 Å². The minimum Gasteiger partial charge on any atom is -0.378 e. The third-order valence-corrected chi connectivity index (χ3v) is 6.55. The average molecular weight is 398 g/mol. The number of amides is 1. The molecule has 28 heavy (non-hydrogen) atoms. The molecule has 2 bridgehead atoms. The topological polar surface area (TPSA) is 54.5 Å². The summed E-state index contributed by atoms with van der Waals surface area (Å²) in [4.78, 5) is 19.9. The van der Waals surface area contributed by atoms with Crippen molar-refractivity contribution in [1.82, 2.24) is 9.88 Å². The molecule has 2 heterocycles. The third kappa shape index (κ3) is 3.16. The largest absolute Gasteiger partial charge is 0.378 e. The standard InChI is InChI=1S/C22H24ClN3O2/c23-16-2-1-3-17(12-16)25-21-20-15-6-4-14(5-7-15)19(20)18(13-24-21)22(27)26-8-10-28-11-9-26/h1-3,12-15H,4-11H2,(H,24,25). The molecule has 2 aromatic rings. The smallest absolute Gasteiger partial charge is 0.255 e. The number of carbonyl (C=O) groups excluding carboxylic acids is 1. The zero-order chi connectivity index (χ0) is 19.1. The zero-order valence-electron chi connectivity index (χ0n) is 15.8. The number of fused-ring (bicyclic) bond motifs is 2. The van der Waals surface area contributed by atoms with Crippen LogP contribution in [0.5, 0.6) is 0 Å². The van der Waals surface area contributed by atoms with E-state index >= 15 is 0 Å². The zero-order valence-corrected chi connectivity index (χ0v) is 16.5. The minimum absolute atomic E-state index is 0.105. The molecule has 1 aromatic heterocycles. The molecule has 5 nitrogen and oxygen atoms in total. The number of pyridine rings is 1. The highest BCUT2D eigenvalue weighted by Gasteiger charge is 2.39. The first-order valence-corrected chi connectivity index (χ1v) is 10.5. The fraction of sp³-hybridized carbons (Fsp3) is 0.455. The molecular formula is C22H24ClN3O2. The molecule has 3 aliphatic carbocycles. The van der Waals surface area contributed by atoms with Crippen molar-refractivity contribution in [3.63, 3.8) is 0 Å². The van der Waals surface area contributed by atoms with Crippen molar-refractivity contribution in [2.45, 2.75) is 37.5 Å². The highest BCUT2D eigenvalue weighted by molar-refractivity contribution is 6.30. The van der Waals surface area contributed by atoms with Gasteiger partial charge in [0.2, 0.25) is 0 Å². The first-order valence-electron chi connectivity index (χ1n) is 10.1. The van der Waals surface area contributed by atoms with Crippen molar-refractivity contribution < 1.29 is 9.53 Å². The van der Waals surface area contributed by atoms with E-state index < -0.39 is 0 Å². The molecule has 0 atom stereocenters. The Morgan fingerprint density at radius 2 is 1.82 bits per heavy atom. The highest BCUT2D eigenvalue weighted by Crippen LogP contribution is 2.52. The summed E-state index contributed by atoms with van der Waals surface area (Å²) in [5.74, 6) is 1.92. The van der Waals surface area contributed by atoms with E-state index in [2.05, 4.69) is 5.32 Å². The van der Waals surface area contributed by atoms with Gasteiger partial charge < -0.3 is 15.0 Å². The Hall–Kier alpha value is -2.11. The Kier molecular flexibility index (Phi) is 4.73. The van der Waals surface area contributed by atoms with Gasteiger partial charge in [-0.3, -0.25) is 4.79 Å². The number of rotatable bonds is 3. The fourth-order valence-corrected chi connectivity index (χ4v) is 5.16. The molecule has 1 aliphatic heterocycles. The summed E-state index contributed by atoms with van der Waals surface area (Å²) in [6.07, 6.45) is 6.48. The molecule has 0 spiro atoms. The van der Waals surface area contributed by atoms with Crippen LogP contribution in [0.1, 0.15) is 59.0 Å². The summed E-state index contributed by atoms with van der Waals surface area (Å²) in [6.45, 7) is 2.54. The van der Waals surface area contributed by atoms with Crippen molar-refractivity contribution in [3.8, 4) is 0 Å². The van der Waals surface area contributed by atoms with Crippen LogP contribution in [0.2, 0.25) is 5.02 Å². The quantitative estimate of drug-likeness (QED) is 0.815. The van der Waals surface area contributed by atoms with Crippen LogP contribution in [0.15, 0.2) is 30.5 Å². The van der Waals surface area contributed by atoms with E-state index in [-0.39, 0.29) is 5.91 Å². The van der Waals surface area contributed by atoms with Crippen LogP contribution in [0.3, 0.4) is 0 Å². The second-order valence-electron chi connectivity index (χ2n) is 7.94. The van der Waals surface area contributed by atoms with Crippen LogP contribution in [0, 0.1) is 0 Å². The molecule has 146 valence electrons. The van der Waals surface area contributed by atoms with Crippen molar-refractivity contribution >= 4 is 29.0 Å². The summed E-state index contributed by atoms with van der Waals surface area (Å²) in [7, 11) is 0. The van der Waals surface area contributed by atoms with Crippen molar-refractivity contribution in [1.29, 1.82) is 0 Å². The molecule has 2 fully saturated rings. The van der Waals surface area contributed by atoms with Gasteiger partial charge in [-0.15, -0.1) is 0 Å². The second kappa shape index (κ2) is 7.37. The van der Waals surface area contributed by atoms with Gasteiger partial charge in [0.15, 0.2) is 0 Å². The Balaban J connectivity index is 1.55. The number of hydrogen-bond donors (Lipinski definition) is 1. The summed E-state index contributed by atoms with van der Waals surface area (Å²) >= 11 is 6.15. The maximum Gasteiger partial charge on any atom is 0.255 e. The number of morpholine rings is 1. The maximum atomic E-state index is 13.3. The Labute approximate surface area is 170 Å². The van der Waals surface area contributed by atoms with E-state index in [0.717, 1.165) is 17.1 Å². The van der Waals surface area contributed by atoms with Gasteiger partial charge in [0, 0.05) is 35.6 Å². The van der Waals surface area contributed by atoms with Crippen LogP contribution in [-0.2, 0) is 4.74 Å². The molecule has 1 saturated carbocycles. The molecule has 0 unspecified atom stereocenters. The Morgan fingerprint density at radius 1 is 1.11 bits per heavy atom. The van der Waals surface area contributed by atoms with Crippen LogP contribution < -0.4 is 5.32 Å². The second-order valence-corrected chi connectivity index (χ2v) is 8.37. The monoisotopic (exact) mass is 397 g/mol. The lowest BCUT2D eigenvalue weighted by molar-refractivity contribution is 0.0301. The summed E-state index contributed by atoms with van der Waals surface area (Å²) < 4.78 is 5.41. The molecule has 1 N–H and O–H groups in total. The normalized spacial score (nSPS) is 23.4. The number of nitrogens with zero attached hydrogens (tertiary/aromatic N) is 2. The van der Waals surface area contributed by atoms with Gasteiger partial charge in [-0.2, -0.15) is 0 Å².